The molecule has 0 aliphatic heterocycles. The topological polar surface area (TPSA) is 42.0 Å². The van der Waals surface area contributed by atoms with Crippen molar-refractivity contribution in [1.82, 2.24) is 9.80 Å². The number of rotatable bonds is 10. The second-order valence-corrected chi connectivity index (χ2v) is 5.48. The number of likely N-dealkylation sites (N-methyl/N-ethyl adjacent to an activating group) is 2. The van der Waals surface area contributed by atoms with Crippen molar-refractivity contribution in [2.45, 2.75) is 33.7 Å². The maximum Gasteiger partial charge on any atom is 0.237 e. The van der Waals surface area contributed by atoms with E-state index in [-0.39, 0.29) is 11.9 Å². The molecule has 5 heteroatoms. The minimum absolute atomic E-state index is 0.0326. The molecular formula is C18H30N2O3. The fourth-order valence-corrected chi connectivity index (χ4v) is 2.44. The quantitative estimate of drug-likeness (QED) is 0.664. The molecule has 1 rings (SSSR count). The molecule has 1 aromatic rings. The number of hydrogen-bond donors (Lipinski definition) is 0. The molecule has 0 saturated heterocycles. The van der Waals surface area contributed by atoms with Crippen LogP contribution >= 0.6 is 0 Å². The van der Waals surface area contributed by atoms with Gasteiger partial charge in [0, 0.05) is 6.54 Å². The highest BCUT2D eigenvalue weighted by molar-refractivity contribution is 5.78. The Bertz CT molecular complexity index is 458. The Morgan fingerprint density at radius 1 is 1.04 bits per heavy atom. The van der Waals surface area contributed by atoms with Gasteiger partial charge in [-0.2, -0.15) is 0 Å². The summed E-state index contributed by atoms with van der Waals surface area (Å²) in [7, 11) is 1.64. The summed E-state index contributed by atoms with van der Waals surface area (Å²) in [6.07, 6.45) is 0. The lowest BCUT2D eigenvalue weighted by molar-refractivity contribution is -0.134. The molecule has 0 unspecified atom stereocenters. The lowest BCUT2D eigenvalue weighted by Crippen LogP contribution is -2.46. The summed E-state index contributed by atoms with van der Waals surface area (Å²) in [6.45, 7) is 11.6. The molecule has 1 amide bonds. The molecule has 0 saturated carbocycles. The first-order valence-electron chi connectivity index (χ1n) is 8.34. The number of hydrogen-bond acceptors (Lipinski definition) is 4. The van der Waals surface area contributed by atoms with E-state index >= 15 is 0 Å². The number of carbonyl (C=O) groups is 1. The molecule has 0 aliphatic carbocycles. The molecule has 0 radical (unpaired) electrons. The van der Waals surface area contributed by atoms with Gasteiger partial charge in [0.25, 0.3) is 0 Å². The van der Waals surface area contributed by atoms with Crippen molar-refractivity contribution in [3.05, 3.63) is 24.3 Å². The van der Waals surface area contributed by atoms with E-state index in [1.54, 1.807) is 7.11 Å². The molecule has 0 heterocycles. The number of nitrogens with zero attached hydrogens (tertiary/aromatic N) is 2. The highest BCUT2D eigenvalue weighted by atomic mass is 16.5. The van der Waals surface area contributed by atoms with Crippen LogP contribution in [0.25, 0.3) is 0 Å². The van der Waals surface area contributed by atoms with E-state index in [4.69, 9.17) is 9.47 Å². The van der Waals surface area contributed by atoms with Gasteiger partial charge in [0.1, 0.15) is 18.1 Å². The third-order valence-corrected chi connectivity index (χ3v) is 4.00. The van der Waals surface area contributed by atoms with E-state index in [1.165, 1.54) is 0 Å². The largest absolute Gasteiger partial charge is 0.497 e. The molecule has 5 nitrogen and oxygen atoms in total. The Kier molecular flexibility index (Phi) is 8.48. The van der Waals surface area contributed by atoms with Gasteiger partial charge in [-0.15, -0.1) is 0 Å². The lowest BCUT2D eigenvalue weighted by Gasteiger charge is -2.30. The summed E-state index contributed by atoms with van der Waals surface area (Å²) >= 11 is 0. The van der Waals surface area contributed by atoms with E-state index in [1.807, 2.05) is 43.0 Å². The smallest absolute Gasteiger partial charge is 0.237 e. The van der Waals surface area contributed by atoms with Crippen LogP contribution in [0, 0.1) is 0 Å². The maximum absolute atomic E-state index is 12.5. The van der Waals surface area contributed by atoms with E-state index in [9.17, 15) is 4.79 Å². The van der Waals surface area contributed by atoms with Crippen LogP contribution < -0.4 is 9.47 Å². The number of ether oxygens (including phenoxy) is 2. The molecular weight excluding hydrogens is 292 g/mol. The van der Waals surface area contributed by atoms with Crippen molar-refractivity contribution in [3.63, 3.8) is 0 Å². The second kappa shape index (κ2) is 10.1. The summed E-state index contributed by atoms with van der Waals surface area (Å²) in [6, 6.07) is 7.51. The van der Waals surface area contributed by atoms with Crippen molar-refractivity contribution in [2.75, 3.05) is 39.9 Å². The van der Waals surface area contributed by atoms with Gasteiger partial charge < -0.3 is 14.4 Å². The van der Waals surface area contributed by atoms with Crippen LogP contribution in [0.5, 0.6) is 11.5 Å². The first-order chi connectivity index (χ1) is 11.0. The van der Waals surface area contributed by atoms with Crippen molar-refractivity contribution < 1.29 is 14.3 Å². The molecule has 0 aliphatic rings. The van der Waals surface area contributed by atoms with Gasteiger partial charge >= 0.3 is 0 Å². The molecule has 0 aromatic heterocycles. The van der Waals surface area contributed by atoms with Gasteiger partial charge in [0.15, 0.2) is 0 Å². The van der Waals surface area contributed by atoms with Crippen molar-refractivity contribution >= 4 is 5.91 Å². The van der Waals surface area contributed by atoms with Gasteiger partial charge in [-0.3, -0.25) is 9.69 Å². The Morgan fingerprint density at radius 2 is 1.61 bits per heavy atom. The van der Waals surface area contributed by atoms with Gasteiger partial charge in [-0.1, -0.05) is 13.8 Å². The highest BCUT2D eigenvalue weighted by Gasteiger charge is 2.20. The standard InChI is InChI=1S/C18H30N2O3/c1-6-19(7-2)13-18(21)20(8-3)15(4)14-23-17-11-9-16(22-5)10-12-17/h9-12,15H,6-8,13-14H2,1-5H3/t15-/m1/s1. The molecule has 0 bridgehead atoms. The predicted octanol–water partition coefficient (Wildman–Crippen LogP) is 2.65. The van der Waals surface area contributed by atoms with E-state index in [2.05, 4.69) is 18.7 Å². The monoisotopic (exact) mass is 322 g/mol. The van der Waals surface area contributed by atoms with Crippen molar-refractivity contribution in [3.8, 4) is 11.5 Å². The minimum Gasteiger partial charge on any atom is -0.497 e. The first-order valence-corrected chi connectivity index (χ1v) is 8.34. The molecule has 130 valence electrons. The maximum atomic E-state index is 12.5. The van der Waals surface area contributed by atoms with E-state index < -0.39 is 0 Å². The predicted molar refractivity (Wildman–Crippen MR) is 93.1 cm³/mol. The van der Waals surface area contributed by atoms with Crippen LogP contribution in [0.1, 0.15) is 27.7 Å². The Morgan fingerprint density at radius 3 is 2.09 bits per heavy atom. The number of benzene rings is 1. The fourth-order valence-electron chi connectivity index (χ4n) is 2.44. The first kappa shape index (κ1) is 19.3. The molecule has 0 N–H and O–H groups in total. The van der Waals surface area contributed by atoms with Crippen LogP contribution in [-0.2, 0) is 4.79 Å². The van der Waals surface area contributed by atoms with Crippen LogP contribution in [0.2, 0.25) is 0 Å². The lowest BCUT2D eigenvalue weighted by atomic mass is 10.2. The van der Waals surface area contributed by atoms with Gasteiger partial charge in [0.2, 0.25) is 5.91 Å². The highest BCUT2D eigenvalue weighted by Crippen LogP contribution is 2.17. The number of methoxy groups -OCH3 is 1. The Hall–Kier alpha value is -1.75. The van der Waals surface area contributed by atoms with Crippen LogP contribution in [0.3, 0.4) is 0 Å². The number of carbonyl (C=O) groups excluding carboxylic acids is 1. The molecule has 1 aromatic carbocycles. The summed E-state index contributed by atoms with van der Waals surface area (Å²) in [4.78, 5) is 16.5. The molecule has 0 fully saturated rings. The molecule has 0 spiro atoms. The average molecular weight is 322 g/mol. The summed E-state index contributed by atoms with van der Waals surface area (Å²) in [5.74, 6) is 1.74. The zero-order chi connectivity index (χ0) is 17.2. The third-order valence-electron chi connectivity index (χ3n) is 4.00. The molecule has 1 atom stereocenters. The molecule has 23 heavy (non-hydrogen) atoms. The second-order valence-electron chi connectivity index (χ2n) is 5.48. The van der Waals surface area contributed by atoms with Gasteiger partial charge in [-0.25, -0.2) is 0 Å². The third kappa shape index (κ3) is 6.10. The number of amides is 1. The van der Waals surface area contributed by atoms with Crippen LogP contribution in [0.4, 0.5) is 0 Å². The van der Waals surface area contributed by atoms with Crippen LogP contribution in [0.15, 0.2) is 24.3 Å². The zero-order valence-electron chi connectivity index (χ0n) is 15.0. The van der Waals surface area contributed by atoms with Gasteiger partial charge in [-0.05, 0) is 51.2 Å². The SMILES string of the molecule is CCN(CC)CC(=O)N(CC)[C@H](C)COc1ccc(OC)cc1. The fraction of sp³-hybridized carbons (Fsp3) is 0.611. The summed E-state index contributed by atoms with van der Waals surface area (Å²) < 4.78 is 10.9. The minimum atomic E-state index is 0.0326. The van der Waals surface area contributed by atoms with Crippen molar-refractivity contribution in [1.29, 1.82) is 0 Å². The Labute approximate surface area is 140 Å². The van der Waals surface area contributed by atoms with Crippen molar-refractivity contribution in [2.24, 2.45) is 0 Å². The summed E-state index contributed by atoms with van der Waals surface area (Å²) in [5.41, 5.74) is 0. The van der Waals surface area contributed by atoms with Gasteiger partial charge in [0.05, 0.1) is 19.7 Å². The zero-order valence-corrected chi connectivity index (χ0v) is 15.0. The normalized spacial score (nSPS) is 12.1. The summed E-state index contributed by atoms with van der Waals surface area (Å²) in [5, 5.41) is 0. The Balaban J connectivity index is 2.54. The van der Waals surface area contributed by atoms with Crippen LogP contribution in [-0.4, -0.2) is 61.6 Å². The van der Waals surface area contributed by atoms with E-state index in [0.29, 0.717) is 19.7 Å². The average Bonchev–Trinajstić information content (AvgIpc) is 2.58. The van der Waals surface area contributed by atoms with E-state index in [0.717, 1.165) is 24.6 Å².